The summed E-state index contributed by atoms with van der Waals surface area (Å²) in [4.78, 5) is 11.1. The highest BCUT2D eigenvalue weighted by molar-refractivity contribution is 5.78. The van der Waals surface area contributed by atoms with Crippen LogP contribution in [0.5, 0.6) is 0 Å². The lowest BCUT2D eigenvalue weighted by Crippen LogP contribution is -2.35. The van der Waals surface area contributed by atoms with E-state index in [1.807, 2.05) is 6.92 Å². The van der Waals surface area contributed by atoms with Crippen LogP contribution in [0.3, 0.4) is 0 Å². The predicted molar refractivity (Wildman–Crippen MR) is 52.6 cm³/mol. The number of rotatable bonds is 7. The summed E-state index contributed by atoms with van der Waals surface area (Å²) in [5.41, 5.74) is 0.949. The average Bonchev–Trinajstić information content (AvgIpc) is 2.09. The van der Waals surface area contributed by atoms with E-state index in [9.17, 15) is 4.79 Å². The van der Waals surface area contributed by atoms with Gasteiger partial charge in [-0.05, 0) is 6.92 Å². The third-order valence-corrected chi connectivity index (χ3v) is 1.36. The first-order valence-electron chi connectivity index (χ1n) is 4.27. The number of hydrogen-bond acceptors (Lipinski definition) is 3. The molecule has 0 atom stereocenters. The minimum absolute atomic E-state index is 0.0147. The Labute approximate surface area is 79.3 Å². The summed E-state index contributed by atoms with van der Waals surface area (Å²) >= 11 is 0. The second kappa shape index (κ2) is 7.76. The van der Waals surface area contributed by atoms with Crippen LogP contribution in [0.1, 0.15) is 6.92 Å². The second-order valence-electron chi connectivity index (χ2n) is 2.90. The molecular weight excluding hydrogens is 168 g/mol. The van der Waals surface area contributed by atoms with E-state index in [1.165, 1.54) is 0 Å². The molecular formula is C9H18N2O2. The van der Waals surface area contributed by atoms with Gasteiger partial charge in [-0.2, -0.15) is 0 Å². The Morgan fingerprint density at radius 1 is 1.46 bits per heavy atom. The van der Waals surface area contributed by atoms with Crippen LogP contribution < -0.4 is 10.6 Å². The average molecular weight is 186 g/mol. The SMILES string of the molecule is C=C(C)CNC(=O)CNCCOC. The van der Waals surface area contributed by atoms with Crippen molar-refractivity contribution in [2.45, 2.75) is 6.92 Å². The topological polar surface area (TPSA) is 50.4 Å². The minimum atomic E-state index is -0.0147. The molecule has 76 valence electrons. The third kappa shape index (κ3) is 9.04. The first-order chi connectivity index (χ1) is 6.16. The molecule has 0 aromatic heterocycles. The minimum Gasteiger partial charge on any atom is -0.383 e. The van der Waals surface area contributed by atoms with Gasteiger partial charge >= 0.3 is 0 Å². The van der Waals surface area contributed by atoms with Crippen LogP contribution in [0.15, 0.2) is 12.2 Å². The zero-order valence-electron chi connectivity index (χ0n) is 8.35. The van der Waals surface area contributed by atoms with Gasteiger partial charge in [0.1, 0.15) is 0 Å². The Balaban J connectivity index is 3.25. The Hall–Kier alpha value is -0.870. The van der Waals surface area contributed by atoms with E-state index in [-0.39, 0.29) is 5.91 Å². The normalized spacial score (nSPS) is 9.69. The first-order valence-corrected chi connectivity index (χ1v) is 4.27. The third-order valence-electron chi connectivity index (χ3n) is 1.36. The largest absolute Gasteiger partial charge is 0.383 e. The van der Waals surface area contributed by atoms with Crippen molar-refractivity contribution in [2.75, 3.05) is 33.4 Å². The van der Waals surface area contributed by atoms with E-state index in [2.05, 4.69) is 17.2 Å². The molecule has 0 saturated carbocycles. The first kappa shape index (κ1) is 12.1. The molecule has 0 bridgehead atoms. The molecule has 0 aromatic carbocycles. The molecule has 0 aliphatic carbocycles. The molecule has 0 spiro atoms. The van der Waals surface area contributed by atoms with Crippen molar-refractivity contribution in [3.05, 3.63) is 12.2 Å². The summed E-state index contributed by atoms with van der Waals surface area (Å²) in [6, 6.07) is 0. The van der Waals surface area contributed by atoms with Crippen LogP contribution in [-0.4, -0.2) is 39.3 Å². The fourth-order valence-electron chi connectivity index (χ4n) is 0.688. The molecule has 0 saturated heterocycles. The number of carbonyl (C=O) groups excluding carboxylic acids is 1. The van der Waals surface area contributed by atoms with Crippen LogP contribution in [0, 0.1) is 0 Å². The van der Waals surface area contributed by atoms with Crippen LogP contribution in [-0.2, 0) is 9.53 Å². The van der Waals surface area contributed by atoms with E-state index in [4.69, 9.17) is 4.74 Å². The number of nitrogens with one attached hydrogen (secondary N) is 2. The van der Waals surface area contributed by atoms with Gasteiger partial charge in [-0.3, -0.25) is 4.79 Å². The van der Waals surface area contributed by atoms with Gasteiger partial charge < -0.3 is 15.4 Å². The van der Waals surface area contributed by atoms with E-state index >= 15 is 0 Å². The Morgan fingerprint density at radius 2 is 2.15 bits per heavy atom. The monoisotopic (exact) mass is 186 g/mol. The van der Waals surface area contributed by atoms with Crippen LogP contribution in [0.2, 0.25) is 0 Å². The molecule has 4 heteroatoms. The Kier molecular flexibility index (Phi) is 7.24. The highest BCUT2D eigenvalue weighted by Gasteiger charge is 1.98. The van der Waals surface area contributed by atoms with Crippen LogP contribution >= 0.6 is 0 Å². The molecule has 0 aliphatic heterocycles. The number of amides is 1. The van der Waals surface area contributed by atoms with Crippen molar-refractivity contribution in [1.82, 2.24) is 10.6 Å². The van der Waals surface area contributed by atoms with Crippen molar-refractivity contribution in [2.24, 2.45) is 0 Å². The second-order valence-corrected chi connectivity index (χ2v) is 2.90. The smallest absolute Gasteiger partial charge is 0.234 e. The maximum absolute atomic E-state index is 11.1. The summed E-state index contributed by atoms with van der Waals surface area (Å²) in [6.07, 6.45) is 0. The van der Waals surface area contributed by atoms with E-state index < -0.39 is 0 Å². The lowest BCUT2D eigenvalue weighted by Gasteiger charge is -2.05. The quantitative estimate of drug-likeness (QED) is 0.432. The highest BCUT2D eigenvalue weighted by atomic mass is 16.5. The van der Waals surface area contributed by atoms with Gasteiger partial charge in [-0.15, -0.1) is 0 Å². The summed E-state index contributed by atoms with van der Waals surface area (Å²) in [7, 11) is 1.63. The van der Waals surface area contributed by atoms with Crippen molar-refractivity contribution in [3.8, 4) is 0 Å². The molecule has 13 heavy (non-hydrogen) atoms. The zero-order valence-corrected chi connectivity index (χ0v) is 8.35. The van der Waals surface area contributed by atoms with Gasteiger partial charge in [-0.25, -0.2) is 0 Å². The van der Waals surface area contributed by atoms with Crippen LogP contribution in [0.25, 0.3) is 0 Å². The van der Waals surface area contributed by atoms with E-state index in [0.29, 0.717) is 26.2 Å². The zero-order chi connectivity index (χ0) is 10.1. The lowest BCUT2D eigenvalue weighted by molar-refractivity contribution is -0.120. The Bertz CT molecular complexity index is 169. The predicted octanol–water partition coefficient (Wildman–Crippen LogP) is -0.0853. The summed E-state index contributed by atoms with van der Waals surface area (Å²) < 4.78 is 4.81. The van der Waals surface area contributed by atoms with Crippen molar-refractivity contribution >= 4 is 5.91 Å². The molecule has 2 N–H and O–H groups in total. The molecule has 0 rings (SSSR count). The van der Waals surface area contributed by atoms with E-state index in [1.54, 1.807) is 7.11 Å². The summed E-state index contributed by atoms with van der Waals surface area (Å²) in [6.45, 7) is 7.74. The van der Waals surface area contributed by atoms with Gasteiger partial charge in [0, 0.05) is 20.2 Å². The molecule has 0 aliphatic rings. The van der Waals surface area contributed by atoms with E-state index in [0.717, 1.165) is 5.57 Å². The van der Waals surface area contributed by atoms with Crippen molar-refractivity contribution in [1.29, 1.82) is 0 Å². The maximum atomic E-state index is 11.1. The van der Waals surface area contributed by atoms with Gasteiger partial charge in [-0.1, -0.05) is 12.2 Å². The molecule has 0 heterocycles. The van der Waals surface area contributed by atoms with Gasteiger partial charge in [0.2, 0.25) is 5.91 Å². The lowest BCUT2D eigenvalue weighted by atomic mass is 10.3. The fourth-order valence-corrected chi connectivity index (χ4v) is 0.688. The van der Waals surface area contributed by atoms with Gasteiger partial charge in [0.25, 0.3) is 0 Å². The number of hydrogen-bond donors (Lipinski definition) is 2. The molecule has 4 nitrogen and oxygen atoms in total. The number of carbonyl (C=O) groups is 1. The molecule has 0 fully saturated rings. The molecule has 0 aromatic rings. The maximum Gasteiger partial charge on any atom is 0.234 e. The van der Waals surface area contributed by atoms with Crippen LogP contribution in [0.4, 0.5) is 0 Å². The summed E-state index contributed by atoms with van der Waals surface area (Å²) in [5, 5.41) is 5.66. The molecule has 0 unspecified atom stereocenters. The Morgan fingerprint density at radius 3 is 2.69 bits per heavy atom. The van der Waals surface area contributed by atoms with Crippen molar-refractivity contribution < 1.29 is 9.53 Å². The van der Waals surface area contributed by atoms with Gasteiger partial charge in [0.05, 0.1) is 13.2 Å². The standard InChI is InChI=1S/C9H18N2O2/c1-8(2)6-11-9(12)7-10-4-5-13-3/h10H,1,4-7H2,2-3H3,(H,11,12). The number of methoxy groups -OCH3 is 1. The summed E-state index contributed by atoms with van der Waals surface area (Å²) in [5.74, 6) is -0.0147. The van der Waals surface area contributed by atoms with Gasteiger partial charge in [0.15, 0.2) is 0 Å². The number of ether oxygens (including phenoxy) is 1. The van der Waals surface area contributed by atoms with Crippen molar-refractivity contribution in [3.63, 3.8) is 0 Å². The molecule has 0 radical (unpaired) electrons. The fraction of sp³-hybridized carbons (Fsp3) is 0.667. The molecule has 1 amide bonds. The highest BCUT2D eigenvalue weighted by Crippen LogP contribution is 1.80.